The van der Waals surface area contributed by atoms with E-state index in [-0.39, 0.29) is 35.4 Å². The number of halogens is 3. The van der Waals surface area contributed by atoms with E-state index < -0.39 is 11.9 Å². The molecule has 2 aliphatic rings. The molecule has 2 aliphatic heterocycles. The Bertz CT molecular complexity index is 1200. The van der Waals surface area contributed by atoms with Crippen molar-refractivity contribution in [3.8, 4) is 5.75 Å². The molecular formula is C31H41Cl2FN4O3. The molecule has 41 heavy (non-hydrogen) atoms. The van der Waals surface area contributed by atoms with Gasteiger partial charge >= 0.3 is 6.03 Å². The van der Waals surface area contributed by atoms with Gasteiger partial charge in [-0.3, -0.25) is 4.79 Å². The van der Waals surface area contributed by atoms with E-state index in [2.05, 4.69) is 17.1 Å². The minimum absolute atomic E-state index is 0.0390. The molecule has 2 aromatic rings. The molecule has 10 heteroatoms. The van der Waals surface area contributed by atoms with Crippen molar-refractivity contribution in [1.82, 2.24) is 20.0 Å². The lowest BCUT2D eigenvalue weighted by molar-refractivity contribution is -0.134. The highest BCUT2D eigenvalue weighted by Crippen LogP contribution is 2.37. The molecule has 0 bridgehead atoms. The maximum Gasteiger partial charge on any atom is 0.318 e. The van der Waals surface area contributed by atoms with Crippen LogP contribution in [0.25, 0.3) is 0 Å². The summed E-state index contributed by atoms with van der Waals surface area (Å²) in [5.41, 5.74) is 1.44. The summed E-state index contributed by atoms with van der Waals surface area (Å²) in [5, 5.41) is 3.82. The second-order valence-electron chi connectivity index (χ2n) is 11.3. The third kappa shape index (κ3) is 8.49. The fourth-order valence-electron chi connectivity index (χ4n) is 5.68. The number of hydrogen-bond acceptors (Lipinski definition) is 4. The largest absolute Gasteiger partial charge is 0.489 e. The van der Waals surface area contributed by atoms with Gasteiger partial charge in [-0.15, -0.1) is 0 Å². The molecule has 1 N–H and O–H groups in total. The van der Waals surface area contributed by atoms with Crippen LogP contribution in [0.2, 0.25) is 10.0 Å². The molecule has 2 aromatic carbocycles. The Kier molecular flexibility index (Phi) is 11.1. The summed E-state index contributed by atoms with van der Waals surface area (Å²) in [5.74, 6) is 0.314. The maximum atomic E-state index is 14.7. The average Bonchev–Trinajstić information content (AvgIpc) is 3.49. The zero-order valence-electron chi connectivity index (χ0n) is 24.2. The van der Waals surface area contributed by atoms with Crippen LogP contribution in [0.1, 0.15) is 56.1 Å². The number of piperidine rings is 1. The highest BCUT2D eigenvalue weighted by Gasteiger charge is 2.33. The van der Waals surface area contributed by atoms with Crippen molar-refractivity contribution < 1.29 is 18.7 Å². The van der Waals surface area contributed by atoms with Gasteiger partial charge in [0.05, 0.1) is 0 Å². The number of rotatable bonds is 10. The zero-order chi connectivity index (χ0) is 29.5. The molecule has 2 heterocycles. The number of benzene rings is 2. The molecule has 3 amide bonds. The first-order valence-electron chi connectivity index (χ1n) is 14.5. The summed E-state index contributed by atoms with van der Waals surface area (Å²) in [6.45, 7) is 5.28. The predicted molar refractivity (Wildman–Crippen MR) is 162 cm³/mol. The molecule has 0 saturated carbocycles. The molecule has 0 unspecified atom stereocenters. The fraction of sp³-hybridized carbons (Fsp3) is 0.548. The van der Waals surface area contributed by atoms with Crippen molar-refractivity contribution in [2.24, 2.45) is 0 Å². The standard InChI is InChI=1S/C31H41Cl2FN4O3/c1-4-25(20-36(2)3)41-29-19-24(33)9-10-26(29)21-11-15-37(16-12-21)30(39)28(35-31(40)38-13-5-6-14-38)17-22-7-8-23(32)18-27(22)34/h7-10,18-19,21,25,28H,4-6,11-17,20H2,1-3H3,(H,35,40)/t25-,28+/m0/s1. The molecule has 0 aliphatic carbocycles. The number of likely N-dealkylation sites (N-methyl/N-ethyl adjacent to an activating group) is 1. The van der Waals surface area contributed by atoms with Crippen LogP contribution in [0.3, 0.4) is 0 Å². The van der Waals surface area contributed by atoms with Crippen molar-refractivity contribution in [2.75, 3.05) is 46.8 Å². The minimum atomic E-state index is -0.874. The van der Waals surface area contributed by atoms with Gasteiger partial charge in [-0.2, -0.15) is 0 Å². The molecule has 4 rings (SSSR count). The number of carbonyl (C=O) groups is 2. The molecule has 0 aromatic heterocycles. The number of carbonyl (C=O) groups excluding carboxylic acids is 2. The Morgan fingerprint density at radius 3 is 2.32 bits per heavy atom. The first-order valence-corrected chi connectivity index (χ1v) is 15.3. The van der Waals surface area contributed by atoms with E-state index >= 15 is 0 Å². The van der Waals surface area contributed by atoms with E-state index in [9.17, 15) is 14.0 Å². The normalized spacial score (nSPS) is 17.5. The second kappa shape index (κ2) is 14.6. The zero-order valence-corrected chi connectivity index (χ0v) is 25.7. The average molecular weight is 608 g/mol. The smallest absolute Gasteiger partial charge is 0.318 e. The SMILES string of the molecule is CC[C@@H](CN(C)C)Oc1cc(Cl)ccc1C1CCN(C(=O)[C@@H](Cc2ccc(Cl)cc2F)NC(=O)N2CCCC2)CC1. The molecule has 0 spiro atoms. The van der Waals surface area contributed by atoms with Crippen molar-refractivity contribution in [3.63, 3.8) is 0 Å². The van der Waals surface area contributed by atoms with Gasteiger partial charge in [0, 0.05) is 49.2 Å². The number of nitrogens with one attached hydrogen (secondary N) is 1. The van der Waals surface area contributed by atoms with E-state index in [0.717, 1.165) is 50.0 Å². The van der Waals surface area contributed by atoms with Crippen molar-refractivity contribution in [3.05, 3.63) is 63.4 Å². The summed E-state index contributed by atoms with van der Waals surface area (Å²) in [6, 6.07) is 9.06. The van der Waals surface area contributed by atoms with Crippen LogP contribution in [0.15, 0.2) is 36.4 Å². The van der Waals surface area contributed by atoms with Crippen molar-refractivity contribution in [1.29, 1.82) is 0 Å². The van der Waals surface area contributed by atoms with Crippen LogP contribution >= 0.6 is 23.2 Å². The van der Waals surface area contributed by atoms with Crippen LogP contribution in [0.5, 0.6) is 5.75 Å². The Morgan fingerprint density at radius 2 is 1.68 bits per heavy atom. The van der Waals surface area contributed by atoms with Crippen molar-refractivity contribution >= 4 is 35.1 Å². The Labute approximate surface area is 252 Å². The minimum Gasteiger partial charge on any atom is -0.489 e. The van der Waals surface area contributed by atoms with Gasteiger partial charge in [0.2, 0.25) is 5.91 Å². The number of urea groups is 1. The number of amides is 3. The molecule has 0 radical (unpaired) electrons. The van der Waals surface area contributed by atoms with E-state index in [1.165, 1.54) is 6.07 Å². The van der Waals surface area contributed by atoms with Crippen LogP contribution in [-0.4, -0.2) is 85.6 Å². The second-order valence-corrected chi connectivity index (χ2v) is 12.2. The first-order chi connectivity index (χ1) is 19.6. The van der Waals surface area contributed by atoms with Gasteiger partial charge in [-0.1, -0.05) is 42.3 Å². The number of likely N-dealkylation sites (tertiary alicyclic amines) is 2. The number of nitrogens with zero attached hydrogens (tertiary/aromatic N) is 3. The fourth-order valence-corrected chi connectivity index (χ4v) is 6.00. The number of ether oxygens (including phenoxy) is 1. The Balaban J connectivity index is 1.46. The molecular weight excluding hydrogens is 566 g/mol. The van der Waals surface area contributed by atoms with E-state index in [1.54, 1.807) is 21.9 Å². The van der Waals surface area contributed by atoms with Gasteiger partial charge in [0.15, 0.2) is 0 Å². The first kappa shape index (κ1) is 31.4. The van der Waals surface area contributed by atoms with Crippen molar-refractivity contribution in [2.45, 2.75) is 63.5 Å². The van der Waals surface area contributed by atoms with Crippen LogP contribution in [0.4, 0.5) is 9.18 Å². The lowest BCUT2D eigenvalue weighted by Gasteiger charge is -2.36. The Hall–Kier alpha value is -2.55. The summed E-state index contributed by atoms with van der Waals surface area (Å²) in [6.07, 6.45) is 4.34. The quantitative estimate of drug-likeness (QED) is 0.362. The third-order valence-electron chi connectivity index (χ3n) is 7.97. The van der Waals surface area contributed by atoms with Crippen LogP contribution in [0, 0.1) is 5.82 Å². The lowest BCUT2D eigenvalue weighted by Crippen LogP contribution is -2.54. The molecule has 2 atom stereocenters. The van der Waals surface area contributed by atoms with E-state index in [4.69, 9.17) is 27.9 Å². The summed E-state index contributed by atoms with van der Waals surface area (Å²) < 4.78 is 21.1. The van der Waals surface area contributed by atoms with Gasteiger partial charge in [0.25, 0.3) is 0 Å². The highest BCUT2D eigenvalue weighted by molar-refractivity contribution is 6.31. The van der Waals surface area contributed by atoms with Gasteiger partial charge in [-0.25, -0.2) is 9.18 Å². The van der Waals surface area contributed by atoms with E-state index in [0.29, 0.717) is 36.8 Å². The molecule has 2 saturated heterocycles. The molecule has 224 valence electrons. The number of hydrogen-bond donors (Lipinski definition) is 1. The molecule has 7 nitrogen and oxygen atoms in total. The highest BCUT2D eigenvalue weighted by atomic mass is 35.5. The van der Waals surface area contributed by atoms with Gasteiger partial charge < -0.3 is 24.8 Å². The predicted octanol–water partition coefficient (Wildman–Crippen LogP) is 5.97. The molecule has 2 fully saturated rings. The monoisotopic (exact) mass is 606 g/mol. The summed E-state index contributed by atoms with van der Waals surface area (Å²) in [7, 11) is 4.06. The van der Waals surface area contributed by atoms with Crippen LogP contribution in [-0.2, 0) is 11.2 Å². The topological polar surface area (TPSA) is 65.1 Å². The van der Waals surface area contributed by atoms with Gasteiger partial charge in [-0.05, 0) is 87.5 Å². The maximum absolute atomic E-state index is 14.7. The van der Waals surface area contributed by atoms with Crippen LogP contribution < -0.4 is 10.1 Å². The summed E-state index contributed by atoms with van der Waals surface area (Å²) >= 11 is 12.3. The third-order valence-corrected chi connectivity index (χ3v) is 8.44. The van der Waals surface area contributed by atoms with E-state index in [1.807, 2.05) is 32.3 Å². The lowest BCUT2D eigenvalue weighted by atomic mass is 9.88. The Morgan fingerprint density at radius 1 is 1.02 bits per heavy atom. The van der Waals surface area contributed by atoms with Gasteiger partial charge in [0.1, 0.15) is 23.7 Å². The summed E-state index contributed by atoms with van der Waals surface area (Å²) in [4.78, 5) is 32.3.